The Labute approximate surface area is 110 Å². The minimum absolute atomic E-state index is 0.107. The van der Waals surface area contributed by atoms with Crippen LogP contribution >= 0.6 is 0 Å². The number of aliphatic hydroxyl groups is 1. The van der Waals surface area contributed by atoms with Gasteiger partial charge in [-0.25, -0.2) is 13.2 Å². The fraction of sp³-hybridized carbons (Fsp3) is 0.571. The first-order valence-electron chi connectivity index (χ1n) is 6.39. The largest absolute Gasteiger partial charge is 0.396 e. The van der Waals surface area contributed by atoms with Crippen LogP contribution in [-0.4, -0.2) is 30.2 Å². The van der Waals surface area contributed by atoms with E-state index in [1.807, 2.05) is 4.90 Å². The summed E-state index contributed by atoms with van der Waals surface area (Å²) in [5.41, 5.74) is 0.0258. The Morgan fingerprint density at radius 2 is 1.79 bits per heavy atom. The SMILES string of the molecule is CN(Cc1cc(F)c(F)cc1F)CC1(CO)CCC1. The minimum atomic E-state index is -1.17. The topological polar surface area (TPSA) is 23.5 Å². The molecule has 0 aliphatic heterocycles. The van der Waals surface area contributed by atoms with Crippen molar-refractivity contribution in [1.82, 2.24) is 4.90 Å². The third-order valence-electron chi connectivity index (χ3n) is 3.88. The molecule has 0 bridgehead atoms. The fourth-order valence-electron chi connectivity index (χ4n) is 2.65. The lowest BCUT2D eigenvalue weighted by molar-refractivity contribution is 0.0125. The highest BCUT2D eigenvalue weighted by molar-refractivity contribution is 5.20. The summed E-state index contributed by atoms with van der Waals surface area (Å²) < 4.78 is 39.4. The van der Waals surface area contributed by atoms with E-state index in [2.05, 4.69) is 0 Å². The summed E-state index contributed by atoms with van der Waals surface area (Å²) in [6.07, 6.45) is 3.00. The number of hydrogen-bond donors (Lipinski definition) is 1. The number of halogens is 3. The lowest BCUT2D eigenvalue weighted by atomic mass is 9.69. The van der Waals surface area contributed by atoms with Crippen molar-refractivity contribution in [3.63, 3.8) is 0 Å². The Hall–Kier alpha value is -1.07. The molecule has 0 aromatic heterocycles. The van der Waals surface area contributed by atoms with E-state index in [0.717, 1.165) is 25.3 Å². The van der Waals surface area contributed by atoms with E-state index in [-0.39, 0.29) is 24.1 Å². The highest BCUT2D eigenvalue weighted by Gasteiger charge is 2.37. The predicted octanol–water partition coefficient (Wildman–Crippen LogP) is 2.70. The molecule has 1 aromatic rings. The van der Waals surface area contributed by atoms with Crippen LogP contribution in [0.5, 0.6) is 0 Å². The van der Waals surface area contributed by atoms with Gasteiger partial charge < -0.3 is 10.0 Å². The Morgan fingerprint density at radius 1 is 1.16 bits per heavy atom. The maximum Gasteiger partial charge on any atom is 0.161 e. The van der Waals surface area contributed by atoms with Crippen LogP contribution in [-0.2, 0) is 6.54 Å². The smallest absolute Gasteiger partial charge is 0.161 e. The molecule has 1 aliphatic rings. The Morgan fingerprint density at radius 3 is 2.32 bits per heavy atom. The summed E-state index contributed by atoms with van der Waals surface area (Å²) in [6, 6.07) is 1.47. The van der Waals surface area contributed by atoms with E-state index < -0.39 is 17.5 Å². The van der Waals surface area contributed by atoms with Crippen molar-refractivity contribution in [2.24, 2.45) is 5.41 Å². The second kappa shape index (κ2) is 5.51. The molecule has 0 atom stereocenters. The van der Waals surface area contributed by atoms with Crippen molar-refractivity contribution in [3.8, 4) is 0 Å². The highest BCUT2D eigenvalue weighted by Crippen LogP contribution is 2.41. The lowest BCUT2D eigenvalue weighted by Crippen LogP contribution is -2.43. The molecule has 1 aliphatic carbocycles. The molecule has 1 fully saturated rings. The number of nitrogens with zero attached hydrogens (tertiary/aromatic N) is 1. The van der Waals surface area contributed by atoms with Crippen molar-refractivity contribution in [2.45, 2.75) is 25.8 Å². The van der Waals surface area contributed by atoms with Gasteiger partial charge in [-0.05, 0) is 26.0 Å². The maximum absolute atomic E-state index is 13.5. The van der Waals surface area contributed by atoms with Gasteiger partial charge in [0.25, 0.3) is 0 Å². The molecule has 0 radical (unpaired) electrons. The first-order valence-corrected chi connectivity index (χ1v) is 6.39. The average Bonchev–Trinajstić information content (AvgIpc) is 2.31. The zero-order chi connectivity index (χ0) is 14.0. The van der Waals surface area contributed by atoms with Gasteiger partial charge in [0, 0.05) is 36.7 Å². The fourth-order valence-corrected chi connectivity index (χ4v) is 2.65. The first kappa shape index (κ1) is 14.3. The molecule has 2 rings (SSSR count). The number of benzene rings is 1. The summed E-state index contributed by atoms with van der Waals surface area (Å²) in [7, 11) is 1.79. The van der Waals surface area contributed by atoms with Gasteiger partial charge in [-0.3, -0.25) is 0 Å². The van der Waals surface area contributed by atoms with Gasteiger partial charge in [-0.1, -0.05) is 6.42 Å². The number of hydrogen-bond acceptors (Lipinski definition) is 2. The van der Waals surface area contributed by atoms with Crippen LogP contribution in [0.2, 0.25) is 0 Å². The van der Waals surface area contributed by atoms with Crippen LogP contribution in [0, 0.1) is 22.9 Å². The second-order valence-corrected chi connectivity index (χ2v) is 5.54. The summed E-state index contributed by atoms with van der Waals surface area (Å²) in [6.45, 7) is 0.935. The van der Waals surface area contributed by atoms with Crippen LogP contribution in [0.25, 0.3) is 0 Å². The predicted molar refractivity (Wildman–Crippen MR) is 66.0 cm³/mol. The van der Waals surface area contributed by atoms with E-state index in [0.29, 0.717) is 12.6 Å². The lowest BCUT2D eigenvalue weighted by Gasteiger charge is -2.43. The van der Waals surface area contributed by atoms with Crippen molar-refractivity contribution < 1.29 is 18.3 Å². The molecule has 0 amide bonds. The second-order valence-electron chi connectivity index (χ2n) is 5.54. The van der Waals surface area contributed by atoms with Gasteiger partial charge in [0.15, 0.2) is 11.6 Å². The van der Waals surface area contributed by atoms with E-state index in [4.69, 9.17) is 0 Å². The molecule has 0 spiro atoms. The molecule has 0 heterocycles. The van der Waals surface area contributed by atoms with Crippen molar-refractivity contribution in [1.29, 1.82) is 0 Å². The van der Waals surface area contributed by atoms with Crippen molar-refractivity contribution in [2.75, 3.05) is 20.2 Å². The zero-order valence-electron chi connectivity index (χ0n) is 10.9. The minimum Gasteiger partial charge on any atom is -0.396 e. The molecule has 5 heteroatoms. The quantitative estimate of drug-likeness (QED) is 0.834. The third-order valence-corrected chi connectivity index (χ3v) is 3.88. The van der Waals surface area contributed by atoms with Crippen LogP contribution in [0.15, 0.2) is 12.1 Å². The monoisotopic (exact) mass is 273 g/mol. The average molecular weight is 273 g/mol. The van der Waals surface area contributed by atoms with Gasteiger partial charge in [0.1, 0.15) is 5.82 Å². The van der Waals surface area contributed by atoms with Crippen molar-refractivity contribution in [3.05, 3.63) is 35.1 Å². The van der Waals surface area contributed by atoms with Gasteiger partial charge in [0.05, 0.1) is 0 Å². The van der Waals surface area contributed by atoms with E-state index in [9.17, 15) is 18.3 Å². The van der Waals surface area contributed by atoms with Crippen LogP contribution in [0.1, 0.15) is 24.8 Å². The molecular formula is C14H18F3NO. The van der Waals surface area contributed by atoms with Gasteiger partial charge >= 0.3 is 0 Å². The number of aliphatic hydroxyl groups excluding tert-OH is 1. The first-order chi connectivity index (χ1) is 8.96. The maximum atomic E-state index is 13.5. The number of rotatable bonds is 5. The van der Waals surface area contributed by atoms with Crippen LogP contribution in [0.3, 0.4) is 0 Å². The molecule has 1 N–H and O–H groups in total. The van der Waals surface area contributed by atoms with Crippen LogP contribution < -0.4 is 0 Å². The molecular weight excluding hydrogens is 255 g/mol. The van der Waals surface area contributed by atoms with E-state index >= 15 is 0 Å². The molecule has 0 saturated heterocycles. The standard InChI is InChI=1S/C14H18F3NO/c1-18(8-14(9-19)3-2-4-14)7-10-5-12(16)13(17)6-11(10)15/h5-6,19H,2-4,7-9H2,1H3. The van der Waals surface area contributed by atoms with Gasteiger partial charge in [-0.2, -0.15) is 0 Å². The Balaban J connectivity index is 2.02. The van der Waals surface area contributed by atoms with E-state index in [1.165, 1.54) is 0 Å². The van der Waals surface area contributed by atoms with Crippen LogP contribution in [0.4, 0.5) is 13.2 Å². The van der Waals surface area contributed by atoms with Crippen molar-refractivity contribution >= 4 is 0 Å². The molecule has 106 valence electrons. The molecule has 0 unspecified atom stereocenters. The molecule has 1 aromatic carbocycles. The Bertz CT molecular complexity index is 455. The third kappa shape index (κ3) is 3.09. The Kier molecular flexibility index (Phi) is 4.16. The highest BCUT2D eigenvalue weighted by atomic mass is 19.2. The summed E-state index contributed by atoms with van der Waals surface area (Å²) in [4.78, 5) is 1.84. The molecule has 2 nitrogen and oxygen atoms in total. The summed E-state index contributed by atoms with van der Waals surface area (Å²) in [5, 5.41) is 9.38. The van der Waals surface area contributed by atoms with Gasteiger partial charge in [-0.15, -0.1) is 0 Å². The normalized spacial score (nSPS) is 17.6. The summed E-state index contributed by atoms with van der Waals surface area (Å²) >= 11 is 0. The molecule has 19 heavy (non-hydrogen) atoms. The molecule has 1 saturated carbocycles. The zero-order valence-corrected chi connectivity index (χ0v) is 10.9. The van der Waals surface area contributed by atoms with E-state index in [1.54, 1.807) is 7.05 Å². The van der Waals surface area contributed by atoms with Gasteiger partial charge in [0.2, 0.25) is 0 Å². The summed E-state index contributed by atoms with van der Waals surface area (Å²) in [5.74, 6) is -2.95.